The summed E-state index contributed by atoms with van der Waals surface area (Å²) in [5.41, 5.74) is 1.29. The van der Waals surface area contributed by atoms with E-state index in [1.54, 1.807) is 10.6 Å². The van der Waals surface area contributed by atoms with Crippen molar-refractivity contribution in [1.82, 2.24) is 25.1 Å². The standard InChI is InChI=1S/C23H24FN5O2S2/c1-23(2,3)31-21(30)25-18(13-15-8-5-4-6-9-15)19-26-27-20-29(19)28-22(33-20)32-14-16-10-7-11-17(24)12-16/h4-12,18H,13-14H2,1-3H3,(H,25,30). The van der Waals surface area contributed by atoms with Gasteiger partial charge in [-0.05, 0) is 44.0 Å². The lowest BCUT2D eigenvalue weighted by atomic mass is 10.1. The first-order chi connectivity index (χ1) is 15.8. The van der Waals surface area contributed by atoms with Crippen LogP contribution in [0.25, 0.3) is 4.96 Å². The highest BCUT2D eigenvalue weighted by atomic mass is 32.2. The fraction of sp³-hybridized carbons (Fsp3) is 0.304. The van der Waals surface area contributed by atoms with E-state index in [2.05, 4.69) is 20.6 Å². The number of hydrogen-bond donors (Lipinski definition) is 1. The SMILES string of the molecule is CC(C)(C)OC(=O)NC(Cc1ccccc1)c1nnc2sc(SCc3cccc(F)c3)nn12. The molecule has 2 heterocycles. The third-order valence-corrected chi connectivity index (χ3v) is 6.64. The number of nitrogens with zero attached hydrogens (tertiary/aromatic N) is 4. The zero-order chi connectivity index (χ0) is 23.4. The van der Waals surface area contributed by atoms with E-state index in [9.17, 15) is 9.18 Å². The van der Waals surface area contributed by atoms with Gasteiger partial charge in [-0.15, -0.1) is 15.3 Å². The summed E-state index contributed by atoms with van der Waals surface area (Å²) in [6, 6.07) is 15.8. The van der Waals surface area contributed by atoms with Crippen molar-refractivity contribution < 1.29 is 13.9 Å². The molecule has 33 heavy (non-hydrogen) atoms. The molecule has 0 fully saturated rings. The van der Waals surface area contributed by atoms with Gasteiger partial charge in [0.05, 0.1) is 6.04 Å². The molecule has 10 heteroatoms. The van der Waals surface area contributed by atoms with Crippen LogP contribution in [0.15, 0.2) is 58.9 Å². The van der Waals surface area contributed by atoms with Crippen molar-refractivity contribution in [2.24, 2.45) is 0 Å². The van der Waals surface area contributed by atoms with Gasteiger partial charge in [0.2, 0.25) is 4.96 Å². The van der Waals surface area contributed by atoms with E-state index in [1.165, 1.54) is 35.2 Å². The van der Waals surface area contributed by atoms with Gasteiger partial charge in [-0.25, -0.2) is 9.18 Å². The Balaban J connectivity index is 1.56. The lowest BCUT2D eigenvalue weighted by Crippen LogP contribution is -2.36. The molecule has 0 spiro atoms. The number of benzene rings is 2. The second-order valence-corrected chi connectivity index (χ2v) is 10.6. The number of alkyl carbamates (subject to hydrolysis) is 1. The number of thioether (sulfide) groups is 1. The molecule has 0 aliphatic rings. The van der Waals surface area contributed by atoms with Crippen molar-refractivity contribution in [3.63, 3.8) is 0 Å². The van der Waals surface area contributed by atoms with Gasteiger partial charge in [0.15, 0.2) is 10.2 Å². The summed E-state index contributed by atoms with van der Waals surface area (Å²) in [6.07, 6.45) is -0.0272. The molecule has 4 rings (SSSR count). The van der Waals surface area contributed by atoms with Crippen molar-refractivity contribution in [1.29, 1.82) is 0 Å². The van der Waals surface area contributed by atoms with E-state index in [-0.39, 0.29) is 5.82 Å². The molecule has 0 radical (unpaired) electrons. The predicted octanol–water partition coefficient (Wildman–Crippen LogP) is 5.43. The zero-order valence-corrected chi connectivity index (χ0v) is 20.1. The number of halogens is 1. The summed E-state index contributed by atoms with van der Waals surface area (Å²) in [4.78, 5) is 13.2. The second-order valence-electron chi connectivity index (χ2n) is 8.43. The number of rotatable bonds is 7. The van der Waals surface area contributed by atoms with E-state index >= 15 is 0 Å². The van der Waals surface area contributed by atoms with Crippen molar-refractivity contribution >= 4 is 34.2 Å². The summed E-state index contributed by atoms with van der Waals surface area (Å²) in [5.74, 6) is 0.847. The molecule has 0 bridgehead atoms. The van der Waals surface area contributed by atoms with Crippen molar-refractivity contribution in [2.75, 3.05) is 0 Å². The molecule has 0 saturated carbocycles. The van der Waals surface area contributed by atoms with Crippen LogP contribution in [0.2, 0.25) is 0 Å². The Bertz CT molecular complexity index is 1240. The van der Waals surface area contributed by atoms with E-state index in [4.69, 9.17) is 4.74 Å². The summed E-state index contributed by atoms with van der Waals surface area (Å²) in [6.45, 7) is 5.45. The molecular formula is C23H24FN5O2S2. The summed E-state index contributed by atoms with van der Waals surface area (Å²) in [5, 5.41) is 16.1. The molecule has 172 valence electrons. The van der Waals surface area contributed by atoms with Crippen LogP contribution in [0.5, 0.6) is 0 Å². The van der Waals surface area contributed by atoms with Crippen LogP contribution in [0.1, 0.15) is 43.8 Å². The summed E-state index contributed by atoms with van der Waals surface area (Å²) < 4.78 is 21.3. The molecule has 4 aromatic rings. The van der Waals surface area contributed by atoms with Gasteiger partial charge in [0.1, 0.15) is 11.4 Å². The fourth-order valence-corrected chi connectivity index (χ4v) is 4.99. The predicted molar refractivity (Wildman–Crippen MR) is 127 cm³/mol. The fourth-order valence-electron chi connectivity index (χ4n) is 3.17. The van der Waals surface area contributed by atoms with Crippen LogP contribution < -0.4 is 5.32 Å². The molecule has 0 aliphatic heterocycles. The van der Waals surface area contributed by atoms with Crippen LogP contribution >= 0.6 is 23.1 Å². The highest BCUT2D eigenvalue weighted by Gasteiger charge is 2.26. The third-order valence-electron chi connectivity index (χ3n) is 4.53. The normalized spacial score (nSPS) is 12.6. The Morgan fingerprint density at radius 2 is 1.91 bits per heavy atom. The lowest BCUT2D eigenvalue weighted by molar-refractivity contribution is 0.0500. The van der Waals surface area contributed by atoms with Crippen LogP contribution in [0.3, 0.4) is 0 Å². The van der Waals surface area contributed by atoms with Gasteiger partial charge in [-0.1, -0.05) is 65.6 Å². The van der Waals surface area contributed by atoms with E-state index in [0.29, 0.717) is 23.0 Å². The van der Waals surface area contributed by atoms with Crippen LogP contribution in [0, 0.1) is 5.82 Å². The number of hydrogen-bond acceptors (Lipinski definition) is 7. The zero-order valence-electron chi connectivity index (χ0n) is 18.5. The van der Waals surface area contributed by atoms with Gasteiger partial charge in [0.25, 0.3) is 0 Å². The minimum Gasteiger partial charge on any atom is -0.444 e. The number of amides is 1. The molecule has 1 amide bonds. The Kier molecular flexibility index (Phi) is 6.94. The van der Waals surface area contributed by atoms with E-state index in [0.717, 1.165) is 15.5 Å². The molecule has 2 aromatic heterocycles. The number of carbonyl (C=O) groups excluding carboxylic acids is 1. The average Bonchev–Trinajstić information content (AvgIpc) is 3.32. The molecule has 0 saturated heterocycles. The molecule has 1 atom stereocenters. The van der Waals surface area contributed by atoms with Crippen molar-refractivity contribution in [3.05, 3.63) is 77.4 Å². The second kappa shape index (κ2) is 9.88. The monoisotopic (exact) mass is 485 g/mol. The molecule has 1 unspecified atom stereocenters. The number of aromatic nitrogens is 4. The quantitative estimate of drug-likeness (QED) is 0.352. The Morgan fingerprint density at radius 3 is 2.64 bits per heavy atom. The Morgan fingerprint density at radius 1 is 1.15 bits per heavy atom. The number of carbonyl (C=O) groups is 1. The van der Waals surface area contributed by atoms with Crippen LogP contribution in [-0.4, -0.2) is 31.5 Å². The lowest BCUT2D eigenvalue weighted by Gasteiger charge is -2.22. The van der Waals surface area contributed by atoms with E-state index < -0.39 is 17.7 Å². The van der Waals surface area contributed by atoms with Crippen molar-refractivity contribution in [2.45, 2.75) is 48.9 Å². The van der Waals surface area contributed by atoms with Crippen molar-refractivity contribution in [3.8, 4) is 0 Å². The average molecular weight is 486 g/mol. The highest BCUT2D eigenvalue weighted by Crippen LogP contribution is 2.29. The highest BCUT2D eigenvalue weighted by molar-refractivity contribution is 8.00. The van der Waals surface area contributed by atoms with Gasteiger partial charge in [0, 0.05) is 12.2 Å². The molecular weight excluding hydrogens is 461 g/mol. The van der Waals surface area contributed by atoms with Gasteiger partial charge >= 0.3 is 6.09 Å². The summed E-state index contributed by atoms with van der Waals surface area (Å²) in [7, 11) is 0. The van der Waals surface area contributed by atoms with E-state index in [1.807, 2.05) is 57.2 Å². The number of fused-ring (bicyclic) bond motifs is 1. The maximum absolute atomic E-state index is 13.4. The molecule has 2 aromatic carbocycles. The molecule has 0 aliphatic carbocycles. The van der Waals surface area contributed by atoms with Crippen LogP contribution in [0.4, 0.5) is 9.18 Å². The van der Waals surface area contributed by atoms with Crippen LogP contribution in [-0.2, 0) is 16.9 Å². The van der Waals surface area contributed by atoms with Gasteiger partial charge in [-0.2, -0.15) is 4.52 Å². The van der Waals surface area contributed by atoms with Gasteiger partial charge in [-0.3, -0.25) is 0 Å². The minimum atomic E-state index is -0.622. The van der Waals surface area contributed by atoms with Gasteiger partial charge < -0.3 is 10.1 Å². The largest absolute Gasteiger partial charge is 0.444 e. The maximum atomic E-state index is 13.4. The first kappa shape index (κ1) is 23.2. The number of nitrogens with one attached hydrogen (secondary N) is 1. The first-order valence-corrected chi connectivity index (χ1v) is 12.2. The molecule has 7 nitrogen and oxygen atoms in total. The smallest absolute Gasteiger partial charge is 0.408 e. The summed E-state index contributed by atoms with van der Waals surface area (Å²) >= 11 is 2.90. The minimum absolute atomic E-state index is 0.259. The Hall–Kier alpha value is -2.98. The Labute approximate surface area is 199 Å². The first-order valence-electron chi connectivity index (χ1n) is 10.4. The topological polar surface area (TPSA) is 81.4 Å². The molecule has 1 N–H and O–H groups in total. The third kappa shape index (κ3) is 6.29. The maximum Gasteiger partial charge on any atom is 0.408 e. The number of ether oxygens (including phenoxy) is 1.